The first-order valence-electron chi connectivity index (χ1n) is 9.04. The predicted molar refractivity (Wildman–Crippen MR) is 114 cm³/mol. The Morgan fingerprint density at radius 2 is 1.97 bits per heavy atom. The number of hydrogen-bond donors (Lipinski definition) is 1. The molecular weight excluding hydrogens is 407 g/mol. The van der Waals surface area contributed by atoms with E-state index in [4.69, 9.17) is 4.74 Å². The maximum Gasteiger partial charge on any atom is 0.311 e. The van der Waals surface area contributed by atoms with Crippen molar-refractivity contribution in [1.29, 1.82) is 0 Å². The van der Waals surface area contributed by atoms with Gasteiger partial charge in [0.1, 0.15) is 5.82 Å². The van der Waals surface area contributed by atoms with Crippen LogP contribution in [0.2, 0.25) is 0 Å². The van der Waals surface area contributed by atoms with Crippen molar-refractivity contribution in [3.05, 3.63) is 76.0 Å². The number of H-pyrrole nitrogens is 1. The van der Waals surface area contributed by atoms with Crippen molar-refractivity contribution in [2.75, 3.05) is 7.11 Å². The normalized spacial score (nSPS) is 11.8. The van der Waals surface area contributed by atoms with Crippen LogP contribution in [-0.4, -0.2) is 33.6 Å². The Hall–Kier alpha value is -3.59. The van der Waals surface area contributed by atoms with Gasteiger partial charge in [0.05, 0.1) is 46.4 Å². The number of carbonyl (C=O) groups excluding carboxylic acids is 1. The number of rotatable bonds is 5. The zero-order valence-electron chi connectivity index (χ0n) is 16.2. The van der Waals surface area contributed by atoms with E-state index in [0.29, 0.717) is 22.2 Å². The summed E-state index contributed by atoms with van der Waals surface area (Å²) in [6.45, 7) is 1.66. The lowest BCUT2D eigenvalue weighted by atomic mass is 10.1. The average Bonchev–Trinajstić information content (AvgIpc) is 3.30. The molecule has 1 N–H and O–H groups in total. The van der Waals surface area contributed by atoms with Crippen LogP contribution >= 0.6 is 11.3 Å². The van der Waals surface area contributed by atoms with Gasteiger partial charge >= 0.3 is 5.97 Å². The summed E-state index contributed by atoms with van der Waals surface area (Å²) >= 11 is 1.35. The summed E-state index contributed by atoms with van der Waals surface area (Å²) in [5.74, 6) is -0.874. The van der Waals surface area contributed by atoms with Gasteiger partial charge in [0.25, 0.3) is 5.56 Å². The van der Waals surface area contributed by atoms with E-state index in [9.17, 15) is 14.0 Å². The van der Waals surface area contributed by atoms with Gasteiger partial charge in [0, 0.05) is 0 Å². The largest absolute Gasteiger partial charge is 0.469 e. The summed E-state index contributed by atoms with van der Waals surface area (Å²) in [6, 6.07) is 13.2. The van der Waals surface area contributed by atoms with E-state index in [1.165, 1.54) is 47.4 Å². The van der Waals surface area contributed by atoms with Gasteiger partial charge in [-0.2, -0.15) is 4.68 Å². The molecule has 30 heavy (non-hydrogen) atoms. The third-order valence-electron chi connectivity index (χ3n) is 4.47. The van der Waals surface area contributed by atoms with Crippen molar-refractivity contribution in [3.63, 3.8) is 0 Å². The summed E-state index contributed by atoms with van der Waals surface area (Å²) < 4.78 is 20.2. The number of halogens is 1. The minimum atomic E-state index is -0.497. The van der Waals surface area contributed by atoms with Crippen LogP contribution in [0.15, 0.2) is 58.3 Å². The van der Waals surface area contributed by atoms with Crippen LogP contribution in [-0.2, 0) is 16.0 Å². The van der Waals surface area contributed by atoms with E-state index in [1.54, 1.807) is 6.92 Å². The van der Waals surface area contributed by atoms with Crippen molar-refractivity contribution in [1.82, 2.24) is 14.8 Å². The van der Waals surface area contributed by atoms with Crippen LogP contribution in [0, 0.1) is 5.82 Å². The molecule has 2 heterocycles. The topological polar surface area (TPSA) is 89.3 Å². The first-order chi connectivity index (χ1) is 14.5. The van der Waals surface area contributed by atoms with E-state index in [2.05, 4.69) is 15.1 Å². The van der Waals surface area contributed by atoms with Gasteiger partial charge in [0.15, 0.2) is 0 Å². The molecule has 0 saturated heterocycles. The molecule has 0 saturated carbocycles. The fourth-order valence-corrected chi connectivity index (χ4v) is 3.98. The highest BCUT2D eigenvalue weighted by molar-refractivity contribution is 7.20. The molecule has 0 aliphatic rings. The smallest absolute Gasteiger partial charge is 0.311 e. The second kappa shape index (κ2) is 8.03. The second-order valence-corrected chi connectivity index (χ2v) is 7.51. The molecule has 2 aromatic carbocycles. The van der Waals surface area contributed by atoms with Crippen LogP contribution < -0.4 is 5.56 Å². The number of aliphatic imine (C=N–C) groups is 1. The number of thiazole rings is 1. The minimum absolute atomic E-state index is 0.130. The SMILES string of the molecule is COC(=O)Cc1[nH]n(-c2nc3ccccc3s2)c(=O)c1C(C)=Nc1ccc(F)cc1. The van der Waals surface area contributed by atoms with Gasteiger partial charge in [-0.25, -0.2) is 9.37 Å². The highest BCUT2D eigenvalue weighted by atomic mass is 32.1. The number of benzene rings is 2. The Bertz CT molecular complexity index is 1290. The molecule has 0 spiro atoms. The van der Waals surface area contributed by atoms with Crippen molar-refractivity contribution in [3.8, 4) is 5.13 Å². The first-order valence-corrected chi connectivity index (χ1v) is 9.86. The number of methoxy groups -OCH3 is 1. The number of carbonyl (C=O) groups is 1. The average molecular weight is 424 g/mol. The monoisotopic (exact) mass is 424 g/mol. The molecule has 0 atom stereocenters. The lowest BCUT2D eigenvalue weighted by Gasteiger charge is -2.02. The number of fused-ring (bicyclic) bond motifs is 1. The van der Waals surface area contributed by atoms with Crippen LogP contribution in [0.4, 0.5) is 10.1 Å². The number of aromatic nitrogens is 3. The molecule has 0 aliphatic carbocycles. The summed E-state index contributed by atoms with van der Waals surface area (Å²) in [4.78, 5) is 34.1. The molecule has 4 aromatic rings. The Labute approximate surface area is 174 Å². The highest BCUT2D eigenvalue weighted by Crippen LogP contribution is 2.24. The van der Waals surface area contributed by atoms with Gasteiger partial charge in [-0.1, -0.05) is 23.5 Å². The number of esters is 1. The number of aromatic amines is 1. The maximum absolute atomic E-state index is 13.2. The number of nitrogens with one attached hydrogen (secondary N) is 1. The van der Waals surface area contributed by atoms with Crippen LogP contribution in [0.5, 0.6) is 0 Å². The quantitative estimate of drug-likeness (QED) is 0.390. The van der Waals surface area contributed by atoms with E-state index in [-0.39, 0.29) is 23.4 Å². The molecular formula is C21H17FN4O3S. The van der Waals surface area contributed by atoms with E-state index in [0.717, 1.165) is 10.2 Å². The second-order valence-electron chi connectivity index (χ2n) is 6.50. The van der Waals surface area contributed by atoms with Gasteiger partial charge in [0.2, 0.25) is 5.13 Å². The van der Waals surface area contributed by atoms with E-state index in [1.807, 2.05) is 24.3 Å². The maximum atomic E-state index is 13.2. The van der Waals surface area contributed by atoms with Crippen molar-refractivity contribution in [2.24, 2.45) is 4.99 Å². The lowest BCUT2D eigenvalue weighted by molar-refractivity contribution is -0.139. The number of nitrogens with zero attached hydrogens (tertiary/aromatic N) is 3. The van der Waals surface area contributed by atoms with Crippen LogP contribution in [0.3, 0.4) is 0 Å². The first kappa shape index (κ1) is 19.7. The van der Waals surface area contributed by atoms with Crippen molar-refractivity contribution < 1.29 is 13.9 Å². The van der Waals surface area contributed by atoms with E-state index >= 15 is 0 Å². The van der Waals surface area contributed by atoms with Crippen molar-refractivity contribution in [2.45, 2.75) is 13.3 Å². The minimum Gasteiger partial charge on any atom is -0.469 e. The van der Waals surface area contributed by atoms with E-state index < -0.39 is 5.97 Å². The van der Waals surface area contributed by atoms with Gasteiger partial charge in [-0.3, -0.25) is 19.7 Å². The Morgan fingerprint density at radius 1 is 1.23 bits per heavy atom. The lowest BCUT2D eigenvalue weighted by Crippen LogP contribution is -2.19. The summed E-state index contributed by atoms with van der Waals surface area (Å²) in [5, 5.41) is 3.43. The number of ether oxygens (including phenoxy) is 1. The molecule has 2 aromatic heterocycles. The molecule has 0 bridgehead atoms. The zero-order chi connectivity index (χ0) is 21.3. The fraction of sp³-hybridized carbons (Fsp3) is 0.143. The standard InChI is InChI=1S/C21H17FN4O3S/c1-12(23-14-9-7-13(22)8-10-14)19-16(11-18(27)29-2)25-26(20(19)28)21-24-15-5-3-4-6-17(15)30-21/h3-10,25H,11H2,1-2H3. The summed E-state index contributed by atoms with van der Waals surface area (Å²) in [5.41, 5.74) is 1.90. The van der Waals surface area contributed by atoms with Crippen LogP contribution in [0.25, 0.3) is 15.3 Å². The molecule has 152 valence electrons. The fourth-order valence-electron chi connectivity index (χ4n) is 3.06. The highest BCUT2D eigenvalue weighted by Gasteiger charge is 2.22. The van der Waals surface area contributed by atoms with Gasteiger partial charge in [-0.05, 0) is 43.3 Å². The third-order valence-corrected chi connectivity index (χ3v) is 5.49. The molecule has 0 unspecified atom stereocenters. The van der Waals surface area contributed by atoms with Gasteiger partial charge < -0.3 is 4.74 Å². The third kappa shape index (κ3) is 3.79. The Morgan fingerprint density at radius 3 is 2.67 bits per heavy atom. The molecule has 0 amide bonds. The predicted octanol–water partition coefficient (Wildman–Crippen LogP) is 3.77. The molecule has 9 heteroatoms. The van der Waals surface area contributed by atoms with Crippen molar-refractivity contribution >= 4 is 38.9 Å². The molecule has 4 rings (SSSR count). The Balaban J connectivity index is 1.84. The molecule has 7 nitrogen and oxygen atoms in total. The molecule has 0 aliphatic heterocycles. The van der Waals surface area contributed by atoms with Crippen LogP contribution in [0.1, 0.15) is 18.2 Å². The summed E-state index contributed by atoms with van der Waals surface area (Å²) in [6.07, 6.45) is -0.130. The summed E-state index contributed by atoms with van der Waals surface area (Å²) in [7, 11) is 1.28. The number of para-hydroxylation sites is 1. The number of hydrogen-bond acceptors (Lipinski definition) is 6. The zero-order valence-corrected chi connectivity index (χ0v) is 17.0. The molecule has 0 radical (unpaired) electrons. The Kier molecular flexibility index (Phi) is 5.28. The molecule has 0 fully saturated rings. The van der Waals surface area contributed by atoms with Gasteiger partial charge in [-0.15, -0.1) is 0 Å².